The number of nitrogens with one attached hydrogen (secondary N) is 1. The Balaban J connectivity index is 2.00. The summed E-state index contributed by atoms with van der Waals surface area (Å²) in [6, 6.07) is 15.9. The number of nitrogens with zero attached hydrogens (tertiary/aromatic N) is 1. The molecule has 0 bridgehead atoms. The fourth-order valence-corrected chi connectivity index (χ4v) is 2.41. The minimum Gasteiger partial charge on any atom is -0.497 e. The lowest BCUT2D eigenvalue weighted by Gasteiger charge is -2.09. The van der Waals surface area contributed by atoms with Crippen molar-refractivity contribution >= 4 is 21.6 Å². The Morgan fingerprint density at radius 1 is 1.25 bits per heavy atom. The van der Waals surface area contributed by atoms with Crippen molar-refractivity contribution in [3.05, 3.63) is 58.1 Å². The Labute approximate surface area is 127 Å². The molecule has 0 saturated heterocycles. The van der Waals surface area contributed by atoms with Gasteiger partial charge in [0.1, 0.15) is 11.8 Å². The Morgan fingerprint density at radius 3 is 2.80 bits per heavy atom. The number of rotatable bonds is 5. The van der Waals surface area contributed by atoms with E-state index in [1.165, 1.54) is 5.56 Å². The van der Waals surface area contributed by atoms with Crippen molar-refractivity contribution in [2.24, 2.45) is 0 Å². The van der Waals surface area contributed by atoms with E-state index < -0.39 is 0 Å². The third-order valence-corrected chi connectivity index (χ3v) is 3.65. The Kier molecular flexibility index (Phi) is 5.03. The van der Waals surface area contributed by atoms with Crippen molar-refractivity contribution in [3.63, 3.8) is 0 Å². The number of hydrogen-bond acceptors (Lipinski definition) is 3. The number of anilines is 1. The zero-order valence-electron chi connectivity index (χ0n) is 11.2. The lowest BCUT2D eigenvalue weighted by Crippen LogP contribution is -2.06. The van der Waals surface area contributed by atoms with Gasteiger partial charge in [-0.25, -0.2) is 0 Å². The van der Waals surface area contributed by atoms with Crippen LogP contribution in [0.2, 0.25) is 0 Å². The van der Waals surface area contributed by atoms with Gasteiger partial charge in [0, 0.05) is 11.0 Å². The minimum absolute atomic E-state index is 0.637. The van der Waals surface area contributed by atoms with E-state index in [-0.39, 0.29) is 0 Å². The summed E-state index contributed by atoms with van der Waals surface area (Å²) in [6.07, 6.45) is 0.870. The van der Waals surface area contributed by atoms with Gasteiger partial charge >= 0.3 is 0 Å². The van der Waals surface area contributed by atoms with Crippen LogP contribution in [0.1, 0.15) is 11.1 Å². The highest BCUT2D eigenvalue weighted by Crippen LogP contribution is 2.23. The quantitative estimate of drug-likeness (QED) is 0.901. The van der Waals surface area contributed by atoms with Crippen LogP contribution in [-0.4, -0.2) is 13.7 Å². The molecule has 0 aliphatic rings. The number of hydrogen-bond donors (Lipinski definition) is 1. The van der Waals surface area contributed by atoms with Gasteiger partial charge in [-0.1, -0.05) is 18.2 Å². The van der Waals surface area contributed by atoms with E-state index in [4.69, 9.17) is 10.00 Å². The molecule has 4 heteroatoms. The Morgan fingerprint density at radius 2 is 2.05 bits per heavy atom. The second-order valence-electron chi connectivity index (χ2n) is 4.30. The zero-order valence-corrected chi connectivity index (χ0v) is 12.8. The van der Waals surface area contributed by atoms with E-state index >= 15 is 0 Å². The van der Waals surface area contributed by atoms with Gasteiger partial charge in [-0.2, -0.15) is 5.26 Å². The fraction of sp³-hybridized carbons (Fsp3) is 0.188. The monoisotopic (exact) mass is 330 g/mol. The lowest BCUT2D eigenvalue weighted by atomic mass is 10.1. The largest absolute Gasteiger partial charge is 0.497 e. The molecule has 20 heavy (non-hydrogen) atoms. The summed E-state index contributed by atoms with van der Waals surface area (Å²) >= 11 is 3.38. The first-order valence-electron chi connectivity index (χ1n) is 6.30. The van der Waals surface area contributed by atoms with Crippen LogP contribution >= 0.6 is 15.9 Å². The van der Waals surface area contributed by atoms with Gasteiger partial charge in [0.15, 0.2) is 0 Å². The summed E-state index contributed by atoms with van der Waals surface area (Å²) in [5.41, 5.74) is 2.69. The first-order valence-corrected chi connectivity index (χ1v) is 7.09. The standard InChI is InChI=1S/C16H15BrN2O/c1-20-13-5-2-4-12(10-13)8-9-19-16-7-3-6-15(17)14(16)11-18/h2-7,10,19H,8-9H2,1H3. The summed E-state index contributed by atoms with van der Waals surface area (Å²) in [5.74, 6) is 0.864. The second kappa shape index (κ2) is 6.97. The van der Waals surface area contributed by atoms with Crippen LogP contribution in [-0.2, 0) is 6.42 Å². The van der Waals surface area contributed by atoms with Gasteiger partial charge in [0.05, 0.1) is 18.4 Å². The highest BCUT2D eigenvalue weighted by Gasteiger charge is 2.05. The number of ether oxygens (including phenoxy) is 1. The maximum Gasteiger partial charge on any atom is 0.119 e. The van der Waals surface area contributed by atoms with Crippen LogP contribution < -0.4 is 10.1 Å². The molecule has 1 N–H and O–H groups in total. The molecule has 0 unspecified atom stereocenters. The molecule has 0 amide bonds. The van der Waals surface area contributed by atoms with E-state index in [1.54, 1.807) is 7.11 Å². The highest BCUT2D eigenvalue weighted by atomic mass is 79.9. The zero-order chi connectivity index (χ0) is 14.4. The van der Waals surface area contributed by atoms with Crippen molar-refractivity contribution < 1.29 is 4.74 Å². The SMILES string of the molecule is COc1cccc(CCNc2cccc(Br)c2C#N)c1. The van der Waals surface area contributed by atoms with Gasteiger partial charge in [-0.05, 0) is 52.2 Å². The van der Waals surface area contributed by atoms with E-state index in [2.05, 4.69) is 33.4 Å². The van der Waals surface area contributed by atoms with Gasteiger partial charge in [0.2, 0.25) is 0 Å². The van der Waals surface area contributed by atoms with E-state index in [0.29, 0.717) is 5.56 Å². The average Bonchev–Trinajstić information content (AvgIpc) is 2.48. The fourth-order valence-electron chi connectivity index (χ4n) is 1.95. The maximum atomic E-state index is 9.15. The second-order valence-corrected chi connectivity index (χ2v) is 5.16. The van der Waals surface area contributed by atoms with E-state index in [9.17, 15) is 0 Å². The number of benzene rings is 2. The van der Waals surface area contributed by atoms with Crippen molar-refractivity contribution in [1.29, 1.82) is 5.26 Å². The van der Waals surface area contributed by atoms with E-state index in [0.717, 1.165) is 28.9 Å². The molecule has 0 fully saturated rings. The van der Waals surface area contributed by atoms with Gasteiger partial charge in [-0.15, -0.1) is 0 Å². The normalized spacial score (nSPS) is 9.85. The molecule has 2 rings (SSSR count). The van der Waals surface area contributed by atoms with E-state index in [1.807, 2.05) is 36.4 Å². The first kappa shape index (κ1) is 14.4. The lowest BCUT2D eigenvalue weighted by molar-refractivity contribution is 0.414. The molecule has 2 aromatic rings. The summed E-state index contributed by atoms with van der Waals surface area (Å²) in [4.78, 5) is 0. The summed E-state index contributed by atoms with van der Waals surface area (Å²) < 4.78 is 6.01. The van der Waals surface area contributed by atoms with Gasteiger partial charge in [0.25, 0.3) is 0 Å². The molecule has 0 radical (unpaired) electrons. The number of halogens is 1. The average molecular weight is 331 g/mol. The van der Waals surface area contributed by atoms with Crippen molar-refractivity contribution in [3.8, 4) is 11.8 Å². The molecule has 0 saturated carbocycles. The minimum atomic E-state index is 0.637. The van der Waals surface area contributed by atoms with Crippen molar-refractivity contribution in [2.45, 2.75) is 6.42 Å². The highest BCUT2D eigenvalue weighted by molar-refractivity contribution is 9.10. The molecule has 0 atom stereocenters. The summed E-state index contributed by atoms with van der Waals surface area (Å²) in [7, 11) is 1.66. The molecule has 0 aromatic heterocycles. The molecule has 0 aliphatic heterocycles. The van der Waals surface area contributed by atoms with Gasteiger partial charge < -0.3 is 10.1 Å². The summed E-state index contributed by atoms with van der Waals surface area (Å²) in [6.45, 7) is 0.762. The van der Waals surface area contributed by atoms with Crippen LogP contribution in [0.3, 0.4) is 0 Å². The molecule has 0 heterocycles. The smallest absolute Gasteiger partial charge is 0.119 e. The molecular weight excluding hydrogens is 316 g/mol. The third-order valence-electron chi connectivity index (χ3n) is 2.99. The Hall–Kier alpha value is -1.99. The van der Waals surface area contributed by atoms with Crippen LogP contribution in [0.25, 0.3) is 0 Å². The molecule has 102 valence electrons. The molecule has 0 aliphatic carbocycles. The topological polar surface area (TPSA) is 45.0 Å². The first-order chi connectivity index (χ1) is 9.74. The maximum absolute atomic E-state index is 9.15. The molecule has 3 nitrogen and oxygen atoms in total. The number of nitriles is 1. The molecule has 0 spiro atoms. The van der Waals surface area contributed by atoms with Crippen LogP contribution in [0.5, 0.6) is 5.75 Å². The number of methoxy groups -OCH3 is 1. The molecular formula is C16H15BrN2O. The molecule has 2 aromatic carbocycles. The predicted molar refractivity (Wildman–Crippen MR) is 84.0 cm³/mol. The van der Waals surface area contributed by atoms with Crippen LogP contribution in [0.15, 0.2) is 46.9 Å². The predicted octanol–water partition coefficient (Wildman–Crippen LogP) is 3.98. The van der Waals surface area contributed by atoms with Crippen molar-refractivity contribution in [1.82, 2.24) is 0 Å². The van der Waals surface area contributed by atoms with Crippen LogP contribution in [0.4, 0.5) is 5.69 Å². The Bertz CT molecular complexity index is 635. The summed E-state index contributed by atoms with van der Waals surface area (Å²) in [5, 5.41) is 12.4. The van der Waals surface area contributed by atoms with Gasteiger partial charge in [-0.3, -0.25) is 0 Å². The van der Waals surface area contributed by atoms with Crippen LogP contribution in [0, 0.1) is 11.3 Å². The van der Waals surface area contributed by atoms with Crippen molar-refractivity contribution in [2.75, 3.05) is 19.0 Å². The third kappa shape index (κ3) is 3.52.